The van der Waals surface area contributed by atoms with Crippen molar-refractivity contribution >= 4 is 17.2 Å². The van der Waals surface area contributed by atoms with Crippen LogP contribution in [0.2, 0.25) is 0 Å². The maximum Gasteiger partial charge on any atom is 0.226 e. The lowest BCUT2D eigenvalue weighted by molar-refractivity contribution is -0.120. The minimum atomic E-state index is 0.00820. The molecule has 1 N–H and O–H groups in total. The Kier molecular flexibility index (Phi) is 5.93. The van der Waals surface area contributed by atoms with E-state index >= 15 is 0 Å². The summed E-state index contributed by atoms with van der Waals surface area (Å²) in [5, 5.41) is 10.3. The van der Waals surface area contributed by atoms with Crippen molar-refractivity contribution in [3.05, 3.63) is 28.0 Å². The van der Waals surface area contributed by atoms with Gasteiger partial charge in [-0.15, -0.1) is 11.3 Å². The van der Waals surface area contributed by atoms with Crippen molar-refractivity contribution in [2.45, 2.75) is 66.3 Å². The van der Waals surface area contributed by atoms with Crippen LogP contribution in [0.25, 0.3) is 5.13 Å². The number of nitrogens with zero attached hydrogens (tertiary/aromatic N) is 3. The highest BCUT2D eigenvalue weighted by Gasteiger charge is 2.15. The van der Waals surface area contributed by atoms with Gasteiger partial charge in [0.1, 0.15) is 0 Å². The van der Waals surface area contributed by atoms with Crippen molar-refractivity contribution in [3.8, 4) is 5.13 Å². The Morgan fingerprint density at radius 3 is 2.78 bits per heavy atom. The molecule has 0 atom stereocenters. The Bertz CT molecular complexity index is 672. The molecule has 0 saturated heterocycles. The van der Waals surface area contributed by atoms with Crippen LogP contribution in [-0.4, -0.2) is 26.7 Å². The van der Waals surface area contributed by atoms with Crippen molar-refractivity contribution < 1.29 is 4.79 Å². The molecule has 2 heterocycles. The van der Waals surface area contributed by atoms with Crippen molar-refractivity contribution in [3.63, 3.8) is 0 Å². The highest BCUT2D eigenvalue weighted by molar-refractivity contribution is 7.12. The topological polar surface area (TPSA) is 59.8 Å². The van der Waals surface area contributed by atoms with Gasteiger partial charge in [-0.05, 0) is 46.1 Å². The van der Waals surface area contributed by atoms with Crippen LogP contribution in [0, 0.1) is 13.8 Å². The summed E-state index contributed by atoms with van der Waals surface area (Å²) in [6.45, 7) is 10.3. The predicted molar refractivity (Wildman–Crippen MR) is 94.3 cm³/mol. The van der Waals surface area contributed by atoms with Crippen LogP contribution >= 0.6 is 11.3 Å². The standard InChI is InChI=1S/C17H26N4OS/c1-6-7-8-15-12(4)20-21(13(15)5)17-19-14(10-23-17)9-16(22)18-11(2)3/h10-11H,6-9H2,1-5H3,(H,18,22). The molecule has 0 fully saturated rings. The molecule has 5 nitrogen and oxygen atoms in total. The molecule has 2 aromatic heterocycles. The van der Waals surface area contributed by atoms with E-state index in [0.717, 1.165) is 28.6 Å². The van der Waals surface area contributed by atoms with Crippen LogP contribution < -0.4 is 5.32 Å². The number of aromatic nitrogens is 3. The second kappa shape index (κ2) is 7.73. The van der Waals surface area contributed by atoms with Crippen LogP contribution in [0.4, 0.5) is 0 Å². The van der Waals surface area contributed by atoms with Gasteiger partial charge in [0, 0.05) is 17.1 Å². The van der Waals surface area contributed by atoms with E-state index in [1.54, 1.807) is 0 Å². The third-order valence-electron chi connectivity index (χ3n) is 3.73. The monoisotopic (exact) mass is 334 g/mol. The summed E-state index contributed by atoms with van der Waals surface area (Å²) in [6.07, 6.45) is 3.72. The summed E-state index contributed by atoms with van der Waals surface area (Å²) in [5.41, 5.74) is 4.35. The molecule has 2 rings (SSSR count). The van der Waals surface area contributed by atoms with Gasteiger partial charge in [-0.3, -0.25) is 4.79 Å². The average Bonchev–Trinajstić information content (AvgIpc) is 3.01. The summed E-state index contributed by atoms with van der Waals surface area (Å²) in [5.74, 6) is 0.00820. The van der Waals surface area contributed by atoms with Crippen molar-refractivity contribution in [2.75, 3.05) is 0 Å². The maximum atomic E-state index is 11.8. The zero-order valence-corrected chi connectivity index (χ0v) is 15.5. The summed E-state index contributed by atoms with van der Waals surface area (Å²) >= 11 is 1.53. The van der Waals surface area contributed by atoms with Crippen molar-refractivity contribution in [1.82, 2.24) is 20.1 Å². The summed E-state index contributed by atoms with van der Waals surface area (Å²) in [7, 11) is 0. The van der Waals surface area contributed by atoms with Crippen LogP contribution in [0.15, 0.2) is 5.38 Å². The van der Waals surface area contributed by atoms with Crippen LogP contribution in [-0.2, 0) is 17.6 Å². The minimum absolute atomic E-state index is 0.00820. The molecule has 6 heteroatoms. The van der Waals surface area contributed by atoms with Gasteiger partial charge in [0.15, 0.2) is 0 Å². The lowest BCUT2D eigenvalue weighted by atomic mass is 10.1. The quantitative estimate of drug-likeness (QED) is 0.844. The van der Waals surface area contributed by atoms with Gasteiger partial charge in [-0.1, -0.05) is 13.3 Å². The van der Waals surface area contributed by atoms with E-state index < -0.39 is 0 Å². The number of unbranched alkanes of at least 4 members (excludes halogenated alkanes) is 1. The molecule has 0 aliphatic carbocycles. The number of carbonyl (C=O) groups is 1. The lowest BCUT2D eigenvalue weighted by Crippen LogP contribution is -2.31. The fourth-order valence-electron chi connectivity index (χ4n) is 2.59. The van der Waals surface area contributed by atoms with E-state index in [1.165, 1.54) is 29.7 Å². The van der Waals surface area contributed by atoms with Crippen LogP contribution in [0.5, 0.6) is 0 Å². The molecule has 126 valence electrons. The molecule has 0 bridgehead atoms. The molecule has 0 unspecified atom stereocenters. The second-order valence-electron chi connectivity index (χ2n) is 6.19. The number of rotatable bonds is 7. The molecular formula is C17H26N4OS. The first-order valence-corrected chi connectivity index (χ1v) is 9.09. The average molecular weight is 334 g/mol. The largest absolute Gasteiger partial charge is 0.354 e. The summed E-state index contributed by atoms with van der Waals surface area (Å²) in [6, 6.07) is 0.151. The minimum Gasteiger partial charge on any atom is -0.354 e. The predicted octanol–water partition coefficient (Wildman–Crippen LogP) is 3.36. The SMILES string of the molecule is CCCCc1c(C)nn(-c2nc(CC(=O)NC(C)C)cs2)c1C. The molecular weight excluding hydrogens is 308 g/mol. The van der Waals surface area contributed by atoms with Crippen LogP contribution in [0.3, 0.4) is 0 Å². The Labute approximate surface area is 142 Å². The first-order chi connectivity index (χ1) is 10.9. The van der Waals surface area contributed by atoms with E-state index in [1.807, 2.05) is 23.9 Å². The molecule has 23 heavy (non-hydrogen) atoms. The first kappa shape index (κ1) is 17.7. The van der Waals surface area contributed by atoms with Gasteiger partial charge in [-0.2, -0.15) is 5.10 Å². The molecule has 0 saturated carbocycles. The molecule has 0 aromatic carbocycles. The maximum absolute atomic E-state index is 11.8. The highest BCUT2D eigenvalue weighted by Crippen LogP contribution is 2.22. The molecule has 1 amide bonds. The number of hydrogen-bond acceptors (Lipinski definition) is 4. The van der Waals surface area contributed by atoms with E-state index in [9.17, 15) is 4.79 Å². The molecule has 0 aliphatic heterocycles. The summed E-state index contributed by atoms with van der Waals surface area (Å²) in [4.78, 5) is 16.4. The lowest BCUT2D eigenvalue weighted by Gasteiger charge is -2.06. The second-order valence-corrected chi connectivity index (χ2v) is 7.02. The third kappa shape index (κ3) is 4.41. The zero-order valence-electron chi connectivity index (χ0n) is 14.6. The summed E-state index contributed by atoms with van der Waals surface area (Å²) < 4.78 is 1.91. The molecule has 0 aliphatic rings. The Hall–Kier alpha value is -1.69. The zero-order chi connectivity index (χ0) is 17.0. The van der Waals surface area contributed by atoms with Gasteiger partial charge in [0.05, 0.1) is 17.8 Å². The number of hydrogen-bond donors (Lipinski definition) is 1. The fourth-order valence-corrected chi connectivity index (χ4v) is 3.41. The first-order valence-electron chi connectivity index (χ1n) is 8.21. The Morgan fingerprint density at radius 1 is 1.39 bits per heavy atom. The van der Waals surface area contributed by atoms with Crippen molar-refractivity contribution in [1.29, 1.82) is 0 Å². The molecule has 2 aromatic rings. The Morgan fingerprint density at radius 2 is 2.13 bits per heavy atom. The van der Waals surface area contributed by atoms with Gasteiger partial charge in [0.2, 0.25) is 11.0 Å². The van der Waals surface area contributed by atoms with Crippen molar-refractivity contribution in [2.24, 2.45) is 0 Å². The smallest absolute Gasteiger partial charge is 0.226 e. The van der Waals surface area contributed by atoms with Gasteiger partial charge in [-0.25, -0.2) is 9.67 Å². The van der Waals surface area contributed by atoms with E-state index in [4.69, 9.17) is 0 Å². The normalized spacial score (nSPS) is 11.2. The highest BCUT2D eigenvalue weighted by atomic mass is 32.1. The van der Waals surface area contributed by atoms with Gasteiger partial charge < -0.3 is 5.32 Å². The van der Waals surface area contributed by atoms with Gasteiger partial charge in [0.25, 0.3) is 0 Å². The number of aryl methyl sites for hydroxylation is 1. The van der Waals surface area contributed by atoms with Crippen LogP contribution in [0.1, 0.15) is 56.3 Å². The third-order valence-corrected chi connectivity index (χ3v) is 4.60. The number of amides is 1. The molecule has 0 spiro atoms. The number of nitrogens with one attached hydrogen (secondary N) is 1. The van der Waals surface area contributed by atoms with Gasteiger partial charge >= 0.3 is 0 Å². The number of carbonyl (C=O) groups excluding carboxylic acids is 1. The molecule has 0 radical (unpaired) electrons. The number of thiazole rings is 1. The van der Waals surface area contributed by atoms with E-state index in [0.29, 0.717) is 6.42 Å². The Balaban J connectivity index is 2.16. The fraction of sp³-hybridized carbons (Fsp3) is 0.588. The van der Waals surface area contributed by atoms with E-state index in [2.05, 4.69) is 36.2 Å². The van der Waals surface area contributed by atoms with E-state index in [-0.39, 0.29) is 11.9 Å².